The van der Waals surface area contributed by atoms with Crippen LogP contribution in [-0.2, 0) is 28.6 Å². The molecule has 2 atom stereocenters. The maximum Gasteiger partial charge on any atom is 0.362 e. The molecule has 0 aliphatic heterocycles. The van der Waals surface area contributed by atoms with Crippen molar-refractivity contribution < 1.29 is 38.2 Å². The van der Waals surface area contributed by atoms with Gasteiger partial charge in [-0.1, -0.05) is 131 Å². The van der Waals surface area contributed by atoms with Crippen LogP contribution >= 0.6 is 0 Å². The molecule has 0 aliphatic rings. The van der Waals surface area contributed by atoms with Crippen LogP contribution in [0, 0.1) is 0 Å². The number of carbonyl (C=O) groups excluding carboxylic acids is 2. The molecule has 54 heavy (non-hydrogen) atoms. The number of hydrogen-bond acceptors (Lipinski definition) is 6. The van der Waals surface area contributed by atoms with Crippen molar-refractivity contribution in [2.45, 2.75) is 148 Å². The van der Waals surface area contributed by atoms with Gasteiger partial charge in [-0.2, -0.15) is 0 Å². The van der Waals surface area contributed by atoms with Crippen LogP contribution in [-0.4, -0.2) is 80.6 Å². The molecule has 0 aromatic carbocycles. The number of carboxylic acid groups (broad SMARTS) is 1. The van der Waals surface area contributed by atoms with Gasteiger partial charge in [-0.3, -0.25) is 9.59 Å². The van der Waals surface area contributed by atoms with Crippen LogP contribution in [0.5, 0.6) is 0 Å². The zero-order valence-electron chi connectivity index (χ0n) is 34.6. The number of nitrogens with zero attached hydrogens (tertiary/aromatic N) is 1. The molecule has 0 aromatic rings. The van der Waals surface area contributed by atoms with E-state index in [2.05, 4.69) is 92.8 Å². The second kappa shape index (κ2) is 36.5. The van der Waals surface area contributed by atoms with Crippen molar-refractivity contribution in [3.63, 3.8) is 0 Å². The molecule has 0 saturated carbocycles. The number of quaternary nitrogens is 1. The number of esters is 2. The molecule has 0 amide bonds. The Morgan fingerprint density at radius 3 is 1.61 bits per heavy atom. The second-order valence-corrected chi connectivity index (χ2v) is 14.5. The summed E-state index contributed by atoms with van der Waals surface area (Å²) in [5, 5.41) is 9.60. The molecular formula is C46H76NO7+. The number of unbranched alkanes of at least 4 members (excludes halogenated alkanes) is 7. The van der Waals surface area contributed by atoms with E-state index in [1.165, 1.54) is 38.5 Å². The normalized spacial score (nSPS) is 13.9. The second-order valence-electron chi connectivity index (χ2n) is 14.5. The summed E-state index contributed by atoms with van der Waals surface area (Å²) in [7, 11) is 5.47. The van der Waals surface area contributed by atoms with Crippen LogP contribution in [0.25, 0.3) is 0 Å². The number of allylic oxidation sites excluding steroid dienone is 14. The first kappa shape index (κ1) is 50.5. The summed E-state index contributed by atoms with van der Waals surface area (Å²) in [5.74, 6) is -1.64. The van der Waals surface area contributed by atoms with E-state index in [0.717, 1.165) is 51.4 Å². The molecule has 8 nitrogen and oxygen atoms in total. The summed E-state index contributed by atoms with van der Waals surface area (Å²) in [4.78, 5) is 36.8. The number of carboxylic acids is 1. The van der Waals surface area contributed by atoms with Gasteiger partial charge in [0, 0.05) is 19.3 Å². The van der Waals surface area contributed by atoms with Gasteiger partial charge in [-0.25, -0.2) is 4.79 Å². The molecule has 2 unspecified atom stereocenters. The first-order valence-electron chi connectivity index (χ1n) is 20.6. The van der Waals surface area contributed by atoms with Crippen LogP contribution in [0.3, 0.4) is 0 Å². The topological polar surface area (TPSA) is 99.1 Å². The summed E-state index contributed by atoms with van der Waals surface area (Å²) < 4.78 is 17.1. The van der Waals surface area contributed by atoms with Gasteiger partial charge in [0.1, 0.15) is 6.61 Å². The molecule has 0 bridgehead atoms. The molecule has 8 heteroatoms. The van der Waals surface area contributed by atoms with Crippen molar-refractivity contribution in [1.29, 1.82) is 0 Å². The van der Waals surface area contributed by atoms with Crippen LogP contribution in [0.1, 0.15) is 136 Å². The Kier molecular flexibility index (Phi) is 34.1. The number of aliphatic carboxylic acids is 1. The Morgan fingerprint density at radius 2 is 1.07 bits per heavy atom. The van der Waals surface area contributed by atoms with Gasteiger partial charge >= 0.3 is 17.9 Å². The number of likely N-dealkylation sites (N-methyl/N-ethyl adjacent to an activating group) is 1. The highest BCUT2D eigenvalue weighted by Crippen LogP contribution is 2.11. The highest BCUT2D eigenvalue weighted by molar-refractivity contribution is 5.72. The summed E-state index contributed by atoms with van der Waals surface area (Å²) in [6, 6.07) is -0.636. The fraction of sp³-hybridized carbons (Fsp3) is 0.630. The Morgan fingerprint density at radius 1 is 0.574 bits per heavy atom. The van der Waals surface area contributed by atoms with Crippen LogP contribution in [0.4, 0.5) is 0 Å². The minimum absolute atomic E-state index is 0.0161. The number of hydrogen-bond donors (Lipinski definition) is 1. The third-order valence-electron chi connectivity index (χ3n) is 8.54. The fourth-order valence-corrected chi connectivity index (χ4v) is 5.35. The molecule has 0 aliphatic carbocycles. The fourth-order valence-electron chi connectivity index (χ4n) is 5.35. The van der Waals surface area contributed by atoms with Crippen molar-refractivity contribution in [3.05, 3.63) is 85.1 Å². The van der Waals surface area contributed by atoms with E-state index in [1.54, 1.807) is 0 Å². The average Bonchev–Trinajstić information content (AvgIpc) is 3.12. The molecule has 0 heterocycles. The van der Waals surface area contributed by atoms with Crippen molar-refractivity contribution in [3.8, 4) is 0 Å². The Hall–Kier alpha value is -3.49. The van der Waals surface area contributed by atoms with E-state index in [4.69, 9.17) is 14.2 Å². The van der Waals surface area contributed by atoms with Crippen molar-refractivity contribution in [2.75, 3.05) is 41.0 Å². The standard InChI is InChI=1S/C46H75NO7/c1-6-8-10-12-14-16-18-20-21-22-23-25-27-29-31-33-35-37-45(49)54-42(40-52-39-38-43(46(50)51)47(3,4)5)41-53-44(48)36-34-32-30-28-26-24-19-17-15-13-11-9-7-2/h8,10,14,16,20-21,23-26,29-32,42-43H,6-7,9,11-13,15,17-19,22,27-28,33-41H2,1-5H3/p+1/b10-8+,16-14+,21-20+,25-23+,26-24+,31-29+,32-30+. The zero-order valence-corrected chi connectivity index (χ0v) is 34.6. The van der Waals surface area contributed by atoms with Crippen LogP contribution in [0.15, 0.2) is 85.1 Å². The zero-order chi connectivity index (χ0) is 40.0. The SMILES string of the molecule is CC/C=C/C/C=C/C/C=C/C/C=C/C/C=C/CCCC(=O)OC(COCCC(C(=O)O)[N+](C)(C)C)COC(=O)CC/C=C/C/C=C/CCCCCCCC. The molecule has 1 N–H and O–H groups in total. The van der Waals surface area contributed by atoms with E-state index in [1.807, 2.05) is 27.2 Å². The number of rotatable bonds is 35. The van der Waals surface area contributed by atoms with Crippen LogP contribution < -0.4 is 0 Å². The molecular weight excluding hydrogens is 679 g/mol. The molecule has 0 saturated heterocycles. The summed E-state index contributed by atoms with van der Waals surface area (Å²) >= 11 is 0. The highest BCUT2D eigenvalue weighted by atomic mass is 16.6. The third-order valence-corrected chi connectivity index (χ3v) is 8.54. The first-order chi connectivity index (χ1) is 26.1. The van der Waals surface area contributed by atoms with Gasteiger partial charge in [0.2, 0.25) is 0 Å². The lowest BCUT2D eigenvalue weighted by atomic mass is 10.1. The first-order valence-corrected chi connectivity index (χ1v) is 20.6. The van der Waals surface area contributed by atoms with E-state index in [-0.39, 0.29) is 49.1 Å². The third kappa shape index (κ3) is 34.3. The van der Waals surface area contributed by atoms with Crippen molar-refractivity contribution in [1.82, 2.24) is 0 Å². The lowest BCUT2D eigenvalue weighted by molar-refractivity contribution is -0.887. The molecule has 0 aromatic heterocycles. The summed E-state index contributed by atoms with van der Waals surface area (Å²) in [6.07, 6.45) is 46.5. The minimum Gasteiger partial charge on any atom is -0.477 e. The smallest absolute Gasteiger partial charge is 0.362 e. The Bertz CT molecular complexity index is 1160. The summed E-state index contributed by atoms with van der Waals surface area (Å²) in [6.45, 7) is 4.46. The highest BCUT2D eigenvalue weighted by Gasteiger charge is 2.31. The molecule has 0 spiro atoms. The van der Waals surface area contributed by atoms with E-state index in [9.17, 15) is 19.5 Å². The predicted molar refractivity (Wildman–Crippen MR) is 224 cm³/mol. The van der Waals surface area contributed by atoms with Gasteiger partial charge in [0.25, 0.3) is 0 Å². The lowest BCUT2D eigenvalue weighted by Gasteiger charge is -2.31. The molecule has 0 rings (SSSR count). The minimum atomic E-state index is -0.895. The van der Waals surface area contributed by atoms with E-state index < -0.39 is 18.1 Å². The van der Waals surface area contributed by atoms with Crippen molar-refractivity contribution in [2.24, 2.45) is 0 Å². The molecule has 306 valence electrons. The monoisotopic (exact) mass is 755 g/mol. The summed E-state index contributed by atoms with van der Waals surface area (Å²) in [5.41, 5.74) is 0. The van der Waals surface area contributed by atoms with E-state index >= 15 is 0 Å². The maximum absolute atomic E-state index is 12.7. The van der Waals surface area contributed by atoms with Crippen molar-refractivity contribution >= 4 is 17.9 Å². The molecule has 0 radical (unpaired) electrons. The number of ether oxygens (including phenoxy) is 3. The Balaban J connectivity index is 4.58. The van der Waals surface area contributed by atoms with Gasteiger partial charge in [0.05, 0.1) is 34.4 Å². The largest absolute Gasteiger partial charge is 0.477 e. The van der Waals surface area contributed by atoms with Gasteiger partial charge < -0.3 is 23.8 Å². The average molecular weight is 755 g/mol. The van der Waals surface area contributed by atoms with E-state index in [0.29, 0.717) is 19.3 Å². The molecule has 0 fully saturated rings. The van der Waals surface area contributed by atoms with Gasteiger partial charge in [0.15, 0.2) is 12.1 Å². The maximum atomic E-state index is 12.7. The van der Waals surface area contributed by atoms with Crippen LogP contribution in [0.2, 0.25) is 0 Å². The Labute approximate surface area is 329 Å². The van der Waals surface area contributed by atoms with Gasteiger partial charge in [-0.05, 0) is 70.6 Å². The quantitative estimate of drug-likeness (QED) is 0.0298. The lowest BCUT2D eigenvalue weighted by Crippen LogP contribution is -2.50. The predicted octanol–water partition coefficient (Wildman–Crippen LogP) is 11.0. The van der Waals surface area contributed by atoms with Gasteiger partial charge in [-0.15, -0.1) is 0 Å². The number of carbonyl (C=O) groups is 3.